The maximum absolute atomic E-state index is 4.71. The lowest BCUT2D eigenvalue weighted by atomic mass is 9.98. The van der Waals surface area contributed by atoms with Crippen LogP contribution >= 0.6 is 0 Å². The Bertz CT molecular complexity index is 608. The molecule has 0 amide bonds. The zero-order valence-electron chi connectivity index (χ0n) is 13.1. The van der Waals surface area contributed by atoms with Gasteiger partial charge in [0.15, 0.2) is 0 Å². The van der Waals surface area contributed by atoms with Gasteiger partial charge in [-0.2, -0.15) is 0 Å². The topological polar surface area (TPSA) is 28.2 Å². The Kier molecular flexibility index (Phi) is 4.39. The van der Waals surface area contributed by atoms with Crippen molar-refractivity contribution in [2.24, 2.45) is 5.92 Å². The summed E-state index contributed by atoms with van der Waals surface area (Å²) in [7, 11) is 2.23. The second-order valence-electron chi connectivity index (χ2n) is 6.18. The Balaban J connectivity index is 1.79. The molecule has 1 unspecified atom stereocenters. The zero-order chi connectivity index (χ0) is 14.7. The minimum Gasteiger partial charge on any atom is -0.384 e. The van der Waals surface area contributed by atoms with Crippen LogP contribution in [-0.4, -0.2) is 36.6 Å². The zero-order valence-corrected chi connectivity index (χ0v) is 13.1. The molecule has 112 valence electrons. The molecule has 1 aromatic carbocycles. The number of nitrogens with zero attached hydrogens (tertiary/aromatic N) is 2. The molecule has 1 aromatic heterocycles. The van der Waals surface area contributed by atoms with Gasteiger partial charge in [0.1, 0.15) is 0 Å². The molecular weight excluding hydrogens is 258 g/mol. The highest BCUT2D eigenvalue weighted by atomic mass is 15.1. The Morgan fingerprint density at radius 3 is 3.00 bits per heavy atom. The summed E-state index contributed by atoms with van der Waals surface area (Å²) in [6.45, 7) is 5.67. The lowest BCUT2D eigenvalue weighted by molar-refractivity contribution is 0.217. The van der Waals surface area contributed by atoms with Crippen molar-refractivity contribution in [3.05, 3.63) is 36.0 Å². The standard InChI is InChI=1S/C18H25N3/c1-3-15-11-18(16-8-4-5-9-17(16)20-15)19-12-14-7-6-10-21(2)13-14/h4-5,8-9,11,14H,3,6-7,10,12-13H2,1-2H3,(H,19,20). The first-order valence-corrected chi connectivity index (χ1v) is 8.07. The van der Waals surface area contributed by atoms with E-state index in [2.05, 4.69) is 54.5 Å². The molecule has 1 atom stereocenters. The van der Waals surface area contributed by atoms with Crippen LogP contribution in [0, 0.1) is 5.92 Å². The first-order chi connectivity index (χ1) is 10.3. The van der Waals surface area contributed by atoms with Crippen LogP contribution in [0.1, 0.15) is 25.5 Å². The summed E-state index contributed by atoms with van der Waals surface area (Å²) in [4.78, 5) is 7.16. The van der Waals surface area contributed by atoms with Gasteiger partial charge in [0.05, 0.1) is 5.52 Å². The van der Waals surface area contributed by atoms with Gasteiger partial charge < -0.3 is 10.2 Å². The molecule has 2 aromatic rings. The smallest absolute Gasteiger partial charge is 0.0726 e. The normalized spacial score (nSPS) is 19.8. The highest BCUT2D eigenvalue weighted by Crippen LogP contribution is 2.24. The van der Waals surface area contributed by atoms with Gasteiger partial charge in [-0.05, 0) is 50.9 Å². The number of rotatable bonds is 4. The van der Waals surface area contributed by atoms with E-state index in [1.807, 2.05) is 0 Å². The van der Waals surface area contributed by atoms with E-state index in [1.54, 1.807) is 0 Å². The number of piperidine rings is 1. The van der Waals surface area contributed by atoms with Gasteiger partial charge in [0.25, 0.3) is 0 Å². The van der Waals surface area contributed by atoms with Gasteiger partial charge in [0.2, 0.25) is 0 Å². The number of nitrogens with one attached hydrogen (secondary N) is 1. The van der Waals surface area contributed by atoms with Crippen molar-refractivity contribution in [3.63, 3.8) is 0 Å². The molecule has 3 rings (SSSR count). The second kappa shape index (κ2) is 6.44. The summed E-state index contributed by atoms with van der Waals surface area (Å²) in [5, 5.41) is 4.92. The van der Waals surface area contributed by atoms with Crippen LogP contribution in [0.4, 0.5) is 5.69 Å². The molecule has 3 heteroatoms. The summed E-state index contributed by atoms with van der Waals surface area (Å²) in [6.07, 6.45) is 3.63. The third-order valence-corrected chi connectivity index (χ3v) is 4.43. The van der Waals surface area contributed by atoms with Crippen LogP contribution in [-0.2, 0) is 6.42 Å². The first-order valence-electron chi connectivity index (χ1n) is 8.07. The minimum atomic E-state index is 0.751. The number of hydrogen-bond acceptors (Lipinski definition) is 3. The number of benzene rings is 1. The minimum absolute atomic E-state index is 0.751. The highest BCUT2D eigenvalue weighted by Gasteiger charge is 2.17. The number of para-hydroxylation sites is 1. The van der Waals surface area contributed by atoms with Crippen molar-refractivity contribution in [2.45, 2.75) is 26.2 Å². The molecule has 1 aliphatic heterocycles. The molecule has 21 heavy (non-hydrogen) atoms. The summed E-state index contributed by atoms with van der Waals surface area (Å²) < 4.78 is 0. The van der Waals surface area contributed by atoms with E-state index < -0.39 is 0 Å². The van der Waals surface area contributed by atoms with E-state index in [9.17, 15) is 0 Å². The van der Waals surface area contributed by atoms with Gasteiger partial charge in [-0.25, -0.2) is 0 Å². The van der Waals surface area contributed by atoms with Crippen molar-refractivity contribution in [1.82, 2.24) is 9.88 Å². The van der Waals surface area contributed by atoms with Crippen LogP contribution in [0.2, 0.25) is 0 Å². The fourth-order valence-electron chi connectivity index (χ4n) is 3.25. The molecule has 1 aliphatic rings. The SMILES string of the molecule is CCc1cc(NCC2CCCN(C)C2)c2ccccc2n1. The molecule has 3 nitrogen and oxygen atoms in total. The third kappa shape index (κ3) is 3.35. The van der Waals surface area contributed by atoms with Gasteiger partial charge in [-0.15, -0.1) is 0 Å². The monoisotopic (exact) mass is 283 g/mol. The number of aryl methyl sites for hydroxylation is 1. The molecule has 1 fully saturated rings. The Morgan fingerprint density at radius 1 is 1.33 bits per heavy atom. The maximum atomic E-state index is 4.71. The van der Waals surface area contributed by atoms with E-state index in [0.29, 0.717) is 0 Å². The van der Waals surface area contributed by atoms with Gasteiger partial charge >= 0.3 is 0 Å². The predicted molar refractivity (Wildman–Crippen MR) is 89.8 cm³/mol. The molecule has 0 bridgehead atoms. The van der Waals surface area contributed by atoms with E-state index in [-0.39, 0.29) is 0 Å². The third-order valence-electron chi connectivity index (χ3n) is 4.43. The number of likely N-dealkylation sites (tertiary alicyclic amines) is 1. The summed E-state index contributed by atoms with van der Waals surface area (Å²) in [5.74, 6) is 0.751. The molecular formula is C18H25N3. The van der Waals surface area contributed by atoms with E-state index >= 15 is 0 Å². The van der Waals surface area contributed by atoms with Crippen LogP contribution in [0.3, 0.4) is 0 Å². The van der Waals surface area contributed by atoms with Crippen LogP contribution < -0.4 is 5.32 Å². The van der Waals surface area contributed by atoms with Crippen molar-refractivity contribution in [2.75, 3.05) is 32.0 Å². The largest absolute Gasteiger partial charge is 0.384 e. The lowest BCUT2D eigenvalue weighted by Crippen LogP contribution is -2.35. The first kappa shape index (κ1) is 14.3. The van der Waals surface area contributed by atoms with Gasteiger partial charge in [-0.1, -0.05) is 25.1 Å². The Labute approximate surface area is 127 Å². The summed E-state index contributed by atoms with van der Waals surface area (Å²) >= 11 is 0. The fourth-order valence-corrected chi connectivity index (χ4v) is 3.25. The van der Waals surface area contributed by atoms with Crippen molar-refractivity contribution < 1.29 is 0 Å². The van der Waals surface area contributed by atoms with Crippen molar-refractivity contribution >= 4 is 16.6 Å². The van der Waals surface area contributed by atoms with Gasteiger partial charge in [-0.3, -0.25) is 4.98 Å². The van der Waals surface area contributed by atoms with Crippen LogP contribution in [0.25, 0.3) is 10.9 Å². The van der Waals surface area contributed by atoms with Crippen molar-refractivity contribution in [3.8, 4) is 0 Å². The average molecular weight is 283 g/mol. The molecule has 2 heterocycles. The summed E-state index contributed by atoms with van der Waals surface area (Å²) in [6, 6.07) is 10.6. The molecule has 0 radical (unpaired) electrons. The van der Waals surface area contributed by atoms with E-state index in [4.69, 9.17) is 4.98 Å². The van der Waals surface area contributed by atoms with Crippen molar-refractivity contribution in [1.29, 1.82) is 0 Å². The van der Waals surface area contributed by atoms with Crippen LogP contribution in [0.5, 0.6) is 0 Å². The lowest BCUT2D eigenvalue weighted by Gasteiger charge is -2.30. The number of fused-ring (bicyclic) bond motifs is 1. The molecule has 0 spiro atoms. The quantitative estimate of drug-likeness (QED) is 0.930. The van der Waals surface area contributed by atoms with E-state index in [0.717, 1.165) is 30.1 Å². The summed E-state index contributed by atoms with van der Waals surface area (Å²) in [5.41, 5.74) is 3.50. The average Bonchev–Trinajstić information content (AvgIpc) is 2.52. The molecule has 0 saturated carbocycles. The molecule has 0 aliphatic carbocycles. The molecule has 1 N–H and O–H groups in total. The molecule has 1 saturated heterocycles. The number of aromatic nitrogens is 1. The fraction of sp³-hybridized carbons (Fsp3) is 0.500. The second-order valence-corrected chi connectivity index (χ2v) is 6.18. The Hall–Kier alpha value is -1.61. The van der Waals surface area contributed by atoms with Crippen LogP contribution in [0.15, 0.2) is 30.3 Å². The number of pyridine rings is 1. The van der Waals surface area contributed by atoms with Gasteiger partial charge in [0, 0.05) is 29.9 Å². The highest BCUT2D eigenvalue weighted by molar-refractivity contribution is 5.91. The predicted octanol–water partition coefficient (Wildman–Crippen LogP) is 3.55. The van der Waals surface area contributed by atoms with E-state index in [1.165, 1.54) is 37.0 Å². The number of anilines is 1. The number of hydrogen-bond donors (Lipinski definition) is 1. The maximum Gasteiger partial charge on any atom is 0.0726 e. The Morgan fingerprint density at radius 2 is 2.19 bits per heavy atom.